The molecule has 0 aliphatic carbocycles. The van der Waals surface area contributed by atoms with E-state index in [0.717, 1.165) is 6.92 Å². The van der Waals surface area contributed by atoms with E-state index in [2.05, 4.69) is 4.18 Å². The number of rotatable bonds is 3. The van der Waals surface area contributed by atoms with Crippen molar-refractivity contribution in [2.24, 2.45) is 0 Å². The van der Waals surface area contributed by atoms with Gasteiger partial charge in [-0.3, -0.25) is 4.55 Å². The molecule has 2 N–H and O–H groups in total. The zero-order chi connectivity index (χ0) is 8.36. The summed E-state index contributed by atoms with van der Waals surface area (Å²) >= 11 is 0. The van der Waals surface area contributed by atoms with E-state index in [4.69, 9.17) is 9.66 Å². The number of halogens is 1. The van der Waals surface area contributed by atoms with Crippen molar-refractivity contribution in [3.05, 3.63) is 0 Å². The molecule has 0 aromatic carbocycles. The third kappa shape index (κ3) is 16.6. The smallest absolute Gasteiger partial charge is 1.00 e. The maximum Gasteiger partial charge on any atom is 2.00 e. The van der Waals surface area contributed by atoms with Crippen molar-refractivity contribution in [2.75, 3.05) is 0 Å². The van der Waals surface area contributed by atoms with Crippen LogP contribution in [0.4, 0.5) is 0 Å². The molecule has 13 heavy (non-hydrogen) atoms. The summed E-state index contributed by atoms with van der Waals surface area (Å²) in [5.41, 5.74) is 0. The first-order chi connectivity index (χ1) is 4.33. The Morgan fingerprint density at radius 1 is 1.54 bits per heavy atom. The molecule has 0 rings (SSSR count). The molecule has 1 atom stereocenters. The molecule has 0 aliphatic heterocycles. The van der Waals surface area contributed by atoms with Gasteiger partial charge in [-0.2, -0.15) is 8.42 Å². The van der Waals surface area contributed by atoms with Crippen LogP contribution in [0.1, 0.15) is 11.2 Å². The Bertz CT molecular complexity index is 241. The van der Waals surface area contributed by atoms with Gasteiger partial charge in [-0.05, 0) is 6.92 Å². The Balaban J connectivity index is -0.0000000270. The summed E-state index contributed by atoms with van der Waals surface area (Å²) in [5.74, 6) is -1.46. The van der Waals surface area contributed by atoms with E-state index < -0.39 is 22.5 Å². The summed E-state index contributed by atoms with van der Waals surface area (Å²) in [6.45, 7) is 0.982. The van der Waals surface area contributed by atoms with Crippen LogP contribution in [-0.4, -0.2) is 67.9 Å². The average Bonchev–Trinajstić information content (AvgIpc) is 1.60. The molecule has 74 valence electrons. The number of carboxylic acid groups (broad SMARTS) is 1. The largest absolute Gasteiger partial charge is 2.00 e. The van der Waals surface area contributed by atoms with E-state index >= 15 is 0 Å². The van der Waals surface area contributed by atoms with Crippen LogP contribution in [0, 0.1) is 0 Å². The molecule has 0 saturated heterocycles. The second-order valence-corrected chi connectivity index (χ2v) is 2.55. The zero-order valence-electron chi connectivity index (χ0n) is 10.1. The molecule has 0 aromatic rings. The van der Waals surface area contributed by atoms with Crippen LogP contribution in [-0.2, 0) is 19.4 Å². The molecule has 0 radical (unpaired) electrons. The van der Waals surface area contributed by atoms with Crippen LogP contribution >= 0.6 is 12.4 Å². The zero-order valence-corrected chi connectivity index (χ0v) is 13.0. The van der Waals surface area contributed by atoms with Crippen molar-refractivity contribution in [2.45, 2.75) is 13.0 Å². The molecule has 6 nitrogen and oxygen atoms in total. The second-order valence-electron chi connectivity index (χ2n) is 1.50. The molecular weight excluding hydrogens is 263 g/mol. The maximum atomic E-state index is 9.88. The Hall–Kier alpha value is 1.89. The molecule has 0 spiro atoms. The van der Waals surface area contributed by atoms with Gasteiger partial charge < -0.3 is 9.39 Å². The fourth-order valence-electron chi connectivity index (χ4n) is 0.224. The van der Waals surface area contributed by atoms with E-state index in [0.29, 0.717) is 0 Å². The number of hydrogen-bond acceptors (Lipinski definition) is 4. The van der Waals surface area contributed by atoms with E-state index in [1.54, 1.807) is 0 Å². The normalized spacial score (nSPS) is 11.2. The number of aliphatic carboxylic acids is 1. The first-order valence-electron chi connectivity index (χ1n) is 2.21. The summed E-state index contributed by atoms with van der Waals surface area (Å²) in [4.78, 5) is 9.88. The van der Waals surface area contributed by atoms with Gasteiger partial charge in [-0.25, -0.2) is 8.98 Å². The molecule has 0 aliphatic rings. The van der Waals surface area contributed by atoms with E-state index in [1.807, 2.05) is 0 Å². The molecule has 0 fully saturated rings. The molecule has 10 heteroatoms. The van der Waals surface area contributed by atoms with Gasteiger partial charge in [0.1, 0.15) is 0 Å². The molecule has 1 unspecified atom stereocenters. The minimum atomic E-state index is -4.65. The Morgan fingerprint density at radius 3 is 1.92 bits per heavy atom. The first-order valence-corrected chi connectivity index (χ1v) is 3.58. The average molecular weight is 273 g/mol. The SMILES string of the molecule is CC(OS(=O)(=O)O)C(=O)O.Cl.[Ca+2].[H-].[H-].[H-].[Na+]. The summed E-state index contributed by atoms with van der Waals surface area (Å²) in [7, 11) is -4.65. The number of hydrogen-bond donors (Lipinski definition) is 2. The van der Waals surface area contributed by atoms with Crippen LogP contribution in [0.3, 0.4) is 0 Å². The first kappa shape index (κ1) is 24.2. The van der Waals surface area contributed by atoms with E-state index in [1.165, 1.54) is 0 Å². The van der Waals surface area contributed by atoms with Gasteiger partial charge in [0, 0.05) is 0 Å². The molecule has 0 aromatic heterocycles. The fraction of sp³-hybridized carbons (Fsp3) is 0.667. The predicted octanol–water partition coefficient (Wildman–Crippen LogP) is -3.34. The summed E-state index contributed by atoms with van der Waals surface area (Å²) < 4.78 is 31.2. The van der Waals surface area contributed by atoms with Crippen LogP contribution in [0.2, 0.25) is 0 Å². The summed E-state index contributed by atoms with van der Waals surface area (Å²) in [5, 5.41) is 8.04. The van der Waals surface area contributed by atoms with Crippen LogP contribution < -0.4 is 29.6 Å². The van der Waals surface area contributed by atoms with Gasteiger partial charge in [0.05, 0.1) is 0 Å². The van der Waals surface area contributed by atoms with Crippen molar-refractivity contribution in [3.8, 4) is 0 Å². The Morgan fingerprint density at radius 2 is 1.85 bits per heavy atom. The van der Waals surface area contributed by atoms with Crippen molar-refractivity contribution in [3.63, 3.8) is 0 Å². The molecule has 0 amide bonds. The third-order valence-electron chi connectivity index (χ3n) is 0.614. The third-order valence-corrected chi connectivity index (χ3v) is 1.15. The minimum absolute atomic E-state index is 0. The van der Waals surface area contributed by atoms with Crippen molar-refractivity contribution in [1.82, 2.24) is 0 Å². The fourth-order valence-corrected chi connectivity index (χ4v) is 0.671. The molecular formula is C3H10CaClNaO6S. The minimum Gasteiger partial charge on any atom is -1.00 e. The van der Waals surface area contributed by atoms with Crippen molar-refractivity contribution >= 4 is 66.5 Å². The Kier molecular flexibility index (Phi) is 19.4. The van der Waals surface area contributed by atoms with Crippen molar-refractivity contribution in [1.29, 1.82) is 0 Å². The predicted molar refractivity (Wildman–Crippen MR) is 46.1 cm³/mol. The molecule has 0 heterocycles. The van der Waals surface area contributed by atoms with Gasteiger partial charge >= 0.3 is 83.7 Å². The summed E-state index contributed by atoms with van der Waals surface area (Å²) in [6.07, 6.45) is -1.56. The number of carbonyl (C=O) groups is 1. The van der Waals surface area contributed by atoms with E-state index in [-0.39, 0.29) is 84.0 Å². The van der Waals surface area contributed by atoms with Crippen LogP contribution in [0.15, 0.2) is 0 Å². The van der Waals surface area contributed by atoms with Gasteiger partial charge in [-0.1, -0.05) is 0 Å². The van der Waals surface area contributed by atoms with Crippen LogP contribution in [0.25, 0.3) is 0 Å². The quantitative estimate of drug-likeness (QED) is 0.412. The van der Waals surface area contributed by atoms with Gasteiger partial charge in [0.25, 0.3) is 0 Å². The van der Waals surface area contributed by atoms with Gasteiger partial charge in [-0.15, -0.1) is 12.4 Å². The second kappa shape index (κ2) is 10.4. The van der Waals surface area contributed by atoms with E-state index in [9.17, 15) is 13.2 Å². The van der Waals surface area contributed by atoms with Gasteiger partial charge in [0.2, 0.25) is 0 Å². The monoisotopic (exact) mass is 272 g/mol. The summed E-state index contributed by atoms with van der Waals surface area (Å²) in [6, 6.07) is 0. The Labute approximate surface area is 139 Å². The maximum absolute atomic E-state index is 9.88. The number of carboxylic acids is 1. The van der Waals surface area contributed by atoms with Crippen molar-refractivity contribution < 1.29 is 60.9 Å². The topological polar surface area (TPSA) is 101 Å². The molecule has 0 bridgehead atoms. The van der Waals surface area contributed by atoms with Crippen LogP contribution in [0.5, 0.6) is 0 Å². The molecule has 0 saturated carbocycles. The van der Waals surface area contributed by atoms with Gasteiger partial charge in [0.15, 0.2) is 6.10 Å². The standard InChI is InChI=1S/C3H6O6S.Ca.ClH.Na.3H/c1-2(3(4)5)9-10(6,7)8;;;;;;/h2H,1H3,(H,4,5)(H,6,7,8);;1H;;;;/q;+2;;+1;3*-1.